The molecule has 0 bridgehead atoms. The lowest BCUT2D eigenvalue weighted by molar-refractivity contribution is 0.0944. The van der Waals surface area contributed by atoms with Crippen LogP contribution >= 0.6 is 11.3 Å². The SMILES string of the molecule is CNc1nnc(C(=O)NCC(C)C(C)C)s1. The fourth-order valence-electron chi connectivity index (χ4n) is 0.981. The summed E-state index contributed by atoms with van der Waals surface area (Å²) in [5, 5.41) is 14.4. The lowest BCUT2D eigenvalue weighted by Gasteiger charge is -2.15. The van der Waals surface area contributed by atoms with Gasteiger partial charge in [-0.15, -0.1) is 10.2 Å². The number of nitrogens with one attached hydrogen (secondary N) is 2. The fourth-order valence-corrected chi connectivity index (χ4v) is 1.59. The number of hydrogen-bond donors (Lipinski definition) is 2. The van der Waals surface area contributed by atoms with Gasteiger partial charge in [0.15, 0.2) is 0 Å². The predicted octanol–water partition coefficient (Wildman–Crippen LogP) is 1.60. The second kappa shape index (κ2) is 5.79. The molecule has 0 radical (unpaired) electrons. The van der Waals surface area contributed by atoms with Crippen LogP contribution < -0.4 is 10.6 Å². The molecule has 0 saturated heterocycles. The number of hydrogen-bond acceptors (Lipinski definition) is 5. The van der Waals surface area contributed by atoms with Gasteiger partial charge in [0.25, 0.3) is 5.91 Å². The zero-order valence-electron chi connectivity index (χ0n) is 10.1. The van der Waals surface area contributed by atoms with Gasteiger partial charge < -0.3 is 10.6 Å². The third-order valence-corrected chi connectivity index (χ3v) is 3.50. The van der Waals surface area contributed by atoms with Crippen molar-refractivity contribution in [3.8, 4) is 0 Å². The highest BCUT2D eigenvalue weighted by Crippen LogP contribution is 2.14. The molecule has 0 aliphatic rings. The van der Waals surface area contributed by atoms with Gasteiger partial charge in [-0.2, -0.15) is 0 Å². The van der Waals surface area contributed by atoms with E-state index in [1.165, 1.54) is 11.3 Å². The van der Waals surface area contributed by atoms with Crippen LogP contribution in [-0.4, -0.2) is 29.7 Å². The van der Waals surface area contributed by atoms with E-state index in [9.17, 15) is 4.79 Å². The van der Waals surface area contributed by atoms with E-state index in [2.05, 4.69) is 41.6 Å². The number of amides is 1. The Balaban J connectivity index is 2.46. The minimum atomic E-state index is -0.147. The summed E-state index contributed by atoms with van der Waals surface area (Å²) in [4.78, 5) is 11.7. The van der Waals surface area contributed by atoms with Gasteiger partial charge in [0.05, 0.1) is 0 Å². The van der Waals surface area contributed by atoms with Crippen LogP contribution in [0.15, 0.2) is 0 Å². The predicted molar refractivity (Wildman–Crippen MR) is 65.8 cm³/mol. The van der Waals surface area contributed by atoms with Crippen LogP contribution in [0.2, 0.25) is 0 Å². The van der Waals surface area contributed by atoms with Gasteiger partial charge in [0.2, 0.25) is 10.1 Å². The summed E-state index contributed by atoms with van der Waals surface area (Å²) < 4.78 is 0. The van der Waals surface area contributed by atoms with Crippen LogP contribution in [0, 0.1) is 11.8 Å². The highest BCUT2D eigenvalue weighted by atomic mass is 32.1. The highest BCUT2D eigenvalue weighted by molar-refractivity contribution is 7.17. The van der Waals surface area contributed by atoms with E-state index >= 15 is 0 Å². The van der Waals surface area contributed by atoms with Crippen molar-refractivity contribution in [3.05, 3.63) is 5.01 Å². The summed E-state index contributed by atoms with van der Waals surface area (Å²) in [7, 11) is 1.75. The zero-order valence-corrected chi connectivity index (χ0v) is 10.9. The van der Waals surface area contributed by atoms with Crippen molar-refractivity contribution in [1.29, 1.82) is 0 Å². The molecule has 0 aliphatic carbocycles. The molecule has 6 heteroatoms. The Kier molecular flexibility index (Phi) is 4.67. The minimum Gasteiger partial charge on any atom is -0.363 e. The molecule has 0 fully saturated rings. The minimum absolute atomic E-state index is 0.147. The van der Waals surface area contributed by atoms with Crippen LogP contribution in [0.25, 0.3) is 0 Å². The van der Waals surface area contributed by atoms with E-state index in [-0.39, 0.29) is 5.91 Å². The van der Waals surface area contributed by atoms with Gasteiger partial charge in [-0.1, -0.05) is 32.1 Å². The number of anilines is 1. The molecule has 2 N–H and O–H groups in total. The Morgan fingerprint density at radius 3 is 2.56 bits per heavy atom. The number of carbonyl (C=O) groups is 1. The van der Waals surface area contributed by atoms with Crippen molar-refractivity contribution in [2.75, 3.05) is 18.9 Å². The zero-order chi connectivity index (χ0) is 12.1. The maximum Gasteiger partial charge on any atom is 0.282 e. The first kappa shape index (κ1) is 12.9. The molecule has 0 aromatic carbocycles. The second-order valence-electron chi connectivity index (χ2n) is 4.09. The monoisotopic (exact) mass is 242 g/mol. The molecule has 1 atom stereocenters. The number of aromatic nitrogens is 2. The van der Waals surface area contributed by atoms with Crippen molar-refractivity contribution in [2.45, 2.75) is 20.8 Å². The Morgan fingerprint density at radius 1 is 1.38 bits per heavy atom. The van der Waals surface area contributed by atoms with Gasteiger partial charge in [-0.25, -0.2) is 0 Å². The standard InChI is InChI=1S/C10H18N4OS/c1-6(2)7(3)5-12-8(15)9-13-14-10(11-4)16-9/h6-7H,5H2,1-4H3,(H,11,14)(H,12,15). The molecule has 1 rings (SSSR count). The first-order valence-electron chi connectivity index (χ1n) is 5.34. The summed E-state index contributed by atoms with van der Waals surface area (Å²) >= 11 is 1.26. The maximum atomic E-state index is 11.7. The number of carbonyl (C=O) groups excluding carboxylic acids is 1. The van der Waals surface area contributed by atoms with Crippen molar-refractivity contribution in [3.63, 3.8) is 0 Å². The Bertz CT molecular complexity index is 350. The second-order valence-corrected chi connectivity index (χ2v) is 5.07. The molecular weight excluding hydrogens is 224 g/mol. The fraction of sp³-hybridized carbons (Fsp3) is 0.700. The van der Waals surface area contributed by atoms with Crippen molar-refractivity contribution in [1.82, 2.24) is 15.5 Å². The van der Waals surface area contributed by atoms with Crippen molar-refractivity contribution < 1.29 is 4.79 Å². The third kappa shape index (κ3) is 3.44. The van der Waals surface area contributed by atoms with Gasteiger partial charge in [-0.05, 0) is 11.8 Å². The number of nitrogens with zero attached hydrogens (tertiary/aromatic N) is 2. The van der Waals surface area contributed by atoms with Gasteiger partial charge in [-0.3, -0.25) is 4.79 Å². The smallest absolute Gasteiger partial charge is 0.282 e. The van der Waals surface area contributed by atoms with Crippen molar-refractivity contribution >= 4 is 22.4 Å². The lowest BCUT2D eigenvalue weighted by Crippen LogP contribution is -2.30. The summed E-state index contributed by atoms with van der Waals surface area (Å²) in [6, 6.07) is 0. The molecule has 0 saturated carbocycles. The molecule has 1 unspecified atom stereocenters. The molecule has 5 nitrogen and oxygen atoms in total. The molecule has 90 valence electrons. The highest BCUT2D eigenvalue weighted by Gasteiger charge is 2.14. The molecule has 1 heterocycles. The van der Waals surface area contributed by atoms with Crippen LogP contribution in [0.5, 0.6) is 0 Å². The summed E-state index contributed by atoms with van der Waals surface area (Å²) in [5.41, 5.74) is 0. The van der Waals surface area contributed by atoms with Gasteiger partial charge in [0.1, 0.15) is 0 Å². The Hall–Kier alpha value is -1.17. The van der Waals surface area contributed by atoms with Crippen LogP contribution in [-0.2, 0) is 0 Å². The molecule has 0 spiro atoms. The third-order valence-electron chi connectivity index (χ3n) is 2.56. The average Bonchev–Trinajstić information content (AvgIpc) is 2.73. The van der Waals surface area contributed by atoms with E-state index in [1.807, 2.05) is 0 Å². The first-order chi connectivity index (χ1) is 7.54. The Morgan fingerprint density at radius 2 is 2.06 bits per heavy atom. The van der Waals surface area contributed by atoms with Gasteiger partial charge in [0, 0.05) is 13.6 Å². The normalized spacial score (nSPS) is 12.6. The molecule has 1 amide bonds. The largest absolute Gasteiger partial charge is 0.363 e. The molecule has 0 aliphatic heterocycles. The summed E-state index contributed by atoms with van der Waals surface area (Å²) in [6.07, 6.45) is 0. The summed E-state index contributed by atoms with van der Waals surface area (Å²) in [5.74, 6) is 0.870. The quantitative estimate of drug-likeness (QED) is 0.823. The molecule has 1 aromatic heterocycles. The maximum absolute atomic E-state index is 11.7. The van der Waals surface area contributed by atoms with Crippen LogP contribution in [0.3, 0.4) is 0 Å². The van der Waals surface area contributed by atoms with E-state index in [1.54, 1.807) is 7.05 Å². The van der Waals surface area contributed by atoms with Crippen LogP contribution in [0.1, 0.15) is 30.6 Å². The van der Waals surface area contributed by atoms with E-state index in [0.717, 1.165) is 0 Å². The van der Waals surface area contributed by atoms with E-state index in [0.29, 0.717) is 28.5 Å². The first-order valence-corrected chi connectivity index (χ1v) is 6.15. The topological polar surface area (TPSA) is 66.9 Å². The molecule has 16 heavy (non-hydrogen) atoms. The van der Waals surface area contributed by atoms with E-state index in [4.69, 9.17) is 0 Å². The number of rotatable bonds is 5. The Labute approximate surface area is 99.7 Å². The molecule has 1 aromatic rings. The van der Waals surface area contributed by atoms with Crippen molar-refractivity contribution in [2.24, 2.45) is 11.8 Å². The van der Waals surface area contributed by atoms with Gasteiger partial charge >= 0.3 is 0 Å². The lowest BCUT2D eigenvalue weighted by atomic mass is 9.98. The van der Waals surface area contributed by atoms with E-state index < -0.39 is 0 Å². The summed E-state index contributed by atoms with van der Waals surface area (Å²) in [6.45, 7) is 7.07. The molecular formula is C10H18N4OS. The van der Waals surface area contributed by atoms with Crippen LogP contribution in [0.4, 0.5) is 5.13 Å². The average molecular weight is 242 g/mol.